The van der Waals surface area contributed by atoms with Gasteiger partial charge in [0.1, 0.15) is 0 Å². The molecule has 1 rings (SSSR count). The van der Waals surface area contributed by atoms with E-state index in [0.29, 0.717) is 6.42 Å². The van der Waals surface area contributed by atoms with Crippen LogP contribution in [0, 0.1) is 17.2 Å². The normalized spacial score (nSPS) is 33.8. The Bertz CT molecular complexity index is 157. The van der Waals surface area contributed by atoms with Gasteiger partial charge in [-0.3, -0.25) is 0 Å². The lowest BCUT2D eigenvalue weighted by Gasteiger charge is -2.13. The lowest BCUT2D eigenvalue weighted by atomic mass is 9.94. The minimum Gasteiger partial charge on any atom is -0.389 e. The van der Waals surface area contributed by atoms with Crippen LogP contribution in [0.25, 0.3) is 0 Å². The van der Waals surface area contributed by atoms with Crippen LogP contribution in [0.2, 0.25) is 0 Å². The highest BCUT2D eigenvalue weighted by molar-refractivity contribution is 5.02. The average Bonchev–Trinajstić information content (AvgIpc) is 1.88. The average molecular weight is 123 g/mol. The van der Waals surface area contributed by atoms with E-state index in [0.717, 1.165) is 6.42 Å². The van der Waals surface area contributed by atoms with Crippen LogP contribution in [0.4, 0.5) is 0 Å². The predicted molar refractivity (Wildman–Crippen MR) is 33.5 cm³/mol. The van der Waals surface area contributed by atoms with Crippen LogP contribution in [-0.4, -0.2) is 11.2 Å². The minimum atomic E-state index is -0.386. The maximum Gasteiger partial charge on any atom is 0.0733 e. The Labute approximate surface area is 54.4 Å². The summed E-state index contributed by atoms with van der Waals surface area (Å²) < 4.78 is 0. The number of allylic oxidation sites excluding steroid dienone is 1. The van der Waals surface area contributed by atoms with Crippen LogP contribution in [0.5, 0.6) is 0 Å². The molecule has 9 heavy (non-hydrogen) atoms. The molecule has 2 atom stereocenters. The van der Waals surface area contributed by atoms with Crippen molar-refractivity contribution >= 4 is 0 Å². The third-order valence-electron chi connectivity index (χ3n) is 1.49. The fourth-order valence-electron chi connectivity index (χ4n) is 0.972. The molecule has 48 valence electrons. The Morgan fingerprint density at radius 2 is 2.44 bits per heavy atom. The van der Waals surface area contributed by atoms with Gasteiger partial charge in [-0.05, 0) is 12.8 Å². The van der Waals surface area contributed by atoms with Crippen molar-refractivity contribution in [2.45, 2.75) is 18.9 Å². The Balaban J connectivity index is 2.50. The van der Waals surface area contributed by atoms with Gasteiger partial charge in [0, 0.05) is 0 Å². The van der Waals surface area contributed by atoms with E-state index >= 15 is 0 Å². The van der Waals surface area contributed by atoms with Crippen molar-refractivity contribution in [1.82, 2.24) is 0 Å². The molecule has 0 saturated carbocycles. The van der Waals surface area contributed by atoms with E-state index in [9.17, 15) is 0 Å². The Morgan fingerprint density at radius 1 is 1.67 bits per heavy atom. The maximum atomic E-state index is 8.97. The number of hydrogen-bond donors (Lipinski definition) is 1. The van der Waals surface area contributed by atoms with Crippen LogP contribution in [0.15, 0.2) is 12.2 Å². The zero-order valence-corrected chi connectivity index (χ0v) is 5.12. The number of nitrogens with zero attached hydrogens (tertiary/aromatic N) is 1. The van der Waals surface area contributed by atoms with Gasteiger partial charge in [-0.2, -0.15) is 5.26 Å². The molecule has 0 aromatic heterocycles. The molecule has 0 aromatic carbocycles. The molecule has 0 aliphatic heterocycles. The predicted octanol–water partition coefficient (Wildman–Crippen LogP) is 0.837. The lowest BCUT2D eigenvalue weighted by molar-refractivity contribution is 0.191. The first-order chi connectivity index (χ1) is 4.33. The van der Waals surface area contributed by atoms with Gasteiger partial charge >= 0.3 is 0 Å². The van der Waals surface area contributed by atoms with Crippen LogP contribution in [-0.2, 0) is 0 Å². The molecule has 0 saturated heterocycles. The molecule has 0 heterocycles. The summed E-state index contributed by atoms with van der Waals surface area (Å²) in [6.45, 7) is 0. The summed E-state index contributed by atoms with van der Waals surface area (Å²) in [7, 11) is 0. The molecular formula is C7H9NO. The largest absolute Gasteiger partial charge is 0.389 e. The molecule has 0 fully saturated rings. The van der Waals surface area contributed by atoms with Gasteiger partial charge in [-0.1, -0.05) is 12.2 Å². The van der Waals surface area contributed by atoms with E-state index in [1.165, 1.54) is 0 Å². The van der Waals surface area contributed by atoms with E-state index in [1.54, 1.807) is 6.08 Å². The van der Waals surface area contributed by atoms with Gasteiger partial charge in [0.2, 0.25) is 0 Å². The standard InChI is InChI=1S/C7H9NO/c8-5-6-2-1-3-7(9)4-6/h1,3,6-7,9H,2,4H2. The van der Waals surface area contributed by atoms with Crippen LogP contribution in [0.3, 0.4) is 0 Å². The van der Waals surface area contributed by atoms with E-state index in [2.05, 4.69) is 6.07 Å². The highest BCUT2D eigenvalue weighted by Crippen LogP contribution is 2.16. The molecule has 0 bridgehead atoms. The summed E-state index contributed by atoms with van der Waals surface area (Å²) >= 11 is 0. The SMILES string of the molecule is N#CC1CC=CC(O)C1. The van der Waals surface area contributed by atoms with Crippen LogP contribution < -0.4 is 0 Å². The van der Waals surface area contributed by atoms with Crippen molar-refractivity contribution < 1.29 is 5.11 Å². The smallest absolute Gasteiger partial charge is 0.0733 e. The first kappa shape index (κ1) is 6.31. The van der Waals surface area contributed by atoms with Crippen molar-refractivity contribution in [3.8, 4) is 6.07 Å². The molecular weight excluding hydrogens is 114 g/mol. The number of aliphatic hydroxyl groups excluding tert-OH is 1. The van der Waals surface area contributed by atoms with E-state index in [-0.39, 0.29) is 12.0 Å². The van der Waals surface area contributed by atoms with Crippen LogP contribution in [0.1, 0.15) is 12.8 Å². The summed E-state index contributed by atoms with van der Waals surface area (Å²) in [5.74, 6) is 0.0324. The van der Waals surface area contributed by atoms with Crippen molar-refractivity contribution in [2.24, 2.45) is 5.92 Å². The second-order valence-electron chi connectivity index (χ2n) is 2.29. The molecule has 2 unspecified atom stereocenters. The highest BCUT2D eigenvalue weighted by Gasteiger charge is 2.13. The topological polar surface area (TPSA) is 44.0 Å². The van der Waals surface area contributed by atoms with Crippen molar-refractivity contribution in [1.29, 1.82) is 5.26 Å². The molecule has 0 spiro atoms. The Hall–Kier alpha value is -0.810. The maximum absolute atomic E-state index is 8.97. The Morgan fingerprint density at radius 3 is 2.89 bits per heavy atom. The lowest BCUT2D eigenvalue weighted by Crippen LogP contribution is -2.13. The first-order valence-electron chi connectivity index (χ1n) is 3.07. The van der Waals surface area contributed by atoms with Gasteiger partial charge in [-0.25, -0.2) is 0 Å². The summed E-state index contributed by atoms with van der Waals surface area (Å²) in [6, 6.07) is 2.12. The van der Waals surface area contributed by atoms with Gasteiger partial charge in [0.25, 0.3) is 0 Å². The van der Waals surface area contributed by atoms with Gasteiger partial charge < -0.3 is 5.11 Å². The monoisotopic (exact) mass is 123 g/mol. The number of rotatable bonds is 0. The highest BCUT2D eigenvalue weighted by atomic mass is 16.3. The van der Waals surface area contributed by atoms with Crippen LogP contribution >= 0.6 is 0 Å². The molecule has 0 aromatic rings. The molecule has 2 heteroatoms. The van der Waals surface area contributed by atoms with Crippen molar-refractivity contribution in [2.75, 3.05) is 0 Å². The number of nitriles is 1. The van der Waals surface area contributed by atoms with E-state index < -0.39 is 0 Å². The quantitative estimate of drug-likeness (QED) is 0.485. The van der Waals surface area contributed by atoms with Crippen molar-refractivity contribution in [3.63, 3.8) is 0 Å². The number of hydrogen-bond acceptors (Lipinski definition) is 2. The van der Waals surface area contributed by atoms with Gasteiger partial charge in [0.15, 0.2) is 0 Å². The Kier molecular flexibility index (Phi) is 1.86. The molecule has 1 aliphatic carbocycles. The summed E-state index contributed by atoms with van der Waals surface area (Å²) in [6.07, 6.45) is 4.62. The summed E-state index contributed by atoms with van der Waals surface area (Å²) in [5, 5.41) is 17.4. The third-order valence-corrected chi connectivity index (χ3v) is 1.49. The van der Waals surface area contributed by atoms with E-state index in [1.807, 2.05) is 6.08 Å². The molecule has 2 nitrogen and oxygen atoms in total. The molecule has 0 radical (unpaired) electrons. The zero-order chi connectivity index (χ0) is 6.69. The molecule has 1 N–H and O–H groups in total. The first-order valence-corrected chi connectivity index (χ1v) is 3.07. The fourth-order valence-corrected chi connectivity index (χ4v) is 0.972. The minimum absolute atomic E-state index is 0.0324. The fraction of sp³-hybridized carbons (Fsp3) is 0.571. The van der Waals surface area contributed by atoms with Gasteiger partial charge in [-0.15, -0.1) is 0 Å². The second-order valence-corrected chi connectivity index (χ2v) is 2.29. The zero-order valence-electron chi connectivity index (χ0n) is 5.12. The summed E-state index contributed by atoms with van der Waals surface area (Å²) in [4.78, 5) is 0. The van der Waals surface area contributed by atoms with Gasteiger partial charge in [0.05, 0.1) is 18.1 Å². The summed E-state index contributed by atoms with van der Waals surface area (Å²) in [5.41, 5.74) is 0. The second kappa shape index (κ2) is 2.65. The van der Waals surface area contributed by atoms with Crippen molar-refractivity contribution in [3.05, 3.63) is 12.2 Å². The molecule has 0 amide bonds. The number of aliphatic hydroxyl groups is 1. The third kappa shape index (κ3) is 1.55. The molecule has 1 aliphatic rings. The van der Waals surface area contributed by atoms with E-state index in [4.69, 9.17) is 10.4 Å².